The number of alkyl halides is 2. The number of carboxylic acid groups (broad SMARTS) is 1. The Bertz CT molecular complexity index is 483. The van der Waals surface area contributed by atoms with E-state index in [2.05, 4.69) is 4.74 Å². The lowest BCUT2D eigenvalue weighted by atomic mass is 10.2. The van der Waals surface area contributed by atoms with Gasteiger partial charge < -0.3 is 14.6 Å². The number of carboxylic acids is 1. The maximum atomic E-state index is 12.3. The van der Waals surface area contributed by atoms with E-state index in [-0.39, 0.29) is 18.0 Å². The monoisotopic (exact) mass is 317 g/mol. The summed E-state index contributed by atoms with van der Waals surface area (Å²) in [5, 5.41) is 8.90. The Labute approximate surface area is 128 Å². The van der Waals surface area contributed by atoms with Crippen LogP contribution in [0, 0.1) is 0 Å². The number of halogens is 2. The Balaban J connectivity index is 2.89. The van der Waals surface area contributed by atoms with Gasteiger partial charge in [0.25, 0.3) is 0 Å². The number of rotatable bonds is 10. The Hall–Kier alpha value is -1.89. The smallest absolute Gasteiger partial charge is 0.387 e. The summed E-state index contributed by atoms with van der Waals surface area (Å²) >= 11 is 0. The van der Waals surface area contributed by atoms with Crippen molar-refractivity contribution in [2.45, 2.75) is 33.4 Å². The first-order chi connectivity index (χ1) is 10.5. The zero-order valence-corrected chi connectivity index (χ0v) is 12.7. The lowest BCUT2D eigenvalue weighted by Gasteiger charge is -2.20. The molecule has 0 amide bonds. The second-order valence-corrected chi connectivity index (χ2v) is 4.70. The van der Waals surface area contributed by atoms with Crippen LogP contribution in [-0.2, 0) is 11.3 Å². The Morgan fingerprint density at radius 3 is 2.59 bits per heavy atom. The number of aliphatic carboxylic acids is 1. The van der Waals surface area contributed by atoms with Crippen LogP contribution >= 0.6 is 0 Å². The van der Waals surface area contributed by atoms with E-state index in [1.165, 1.54) is 6.07 Å². The molecule has 0 radical (unpaired) electrons. The molecule has 0 saturated carbocycles. The van der Waals surface area contributed by atoms with Gasteiger partial charge in [0.05, 0.1) is 13.2 Å². The van der Waals surface area contributed by atoms with Crippen LogP contribution in [-0.4, -0.2) is 42.3 Å². The van der Waals surface area contributed by atoms with Crippen molar-refractivity contribution in [2.24, 2.45) is 0 Å². The zero-order chi connectivity index (χ0) is 16.5. The summed E-state index contributed by atoms with van der Waals surface area (Å²) in [7, 11) is 0. The van der Waals surface area contributed by atoms with E-state index in [4.69, 9.17) is 9.84 Å². The maximum Gasteiger partial charge on any atom is 0.387 e. The van der Waals surface area contributed by atoms with Crippen molar-refractivity contribution in [3.8, 4) is 11.5 Å². The fraction of sp³-hybridized carbons (Fsp3) is 0.533. The van der Waals surface area contributed by atoms with Crippen molar-refractivity contribution >= 4 is 5.97 Å². The van der Waals surface area contributed by atoms with Crippen LogP contribution in [0.25, 0.3) is 0 Å². The van der Waals surface area contributed by atoms with Crippen LogP contribution in [0.4, 0.5) is 8.78 Å². The molecule has 0 unspecified atom stereocenters. The van der Waals surface area contributed by atoms with Gasteiger partial charge in [0.1, 0.15) is 0 Å². The summed E-state index contributed by atoms with van der Waals surface area (Å²) in [6.45, 7) is 2.05. The molecular formula is C15H21F2NO4. The zero-order valence-electron chi connectivity index (χ0n) is 12.7. The van der Waals surface area contributed by atoms with Crippen molar-refractivity contribution in [1.29, 1.82) is 0 Å². The van der Waals surface area contributed by atoms with E-state index in [9.17, 15) is 13.6 Å². The Kier molecular flexibility index (Phi) is 7.59. The number of nitrogens with zero attached hydrogens (tertiary/aromatic N) is 1. The summed E-state index contributed by atoms with van der Waals surface area (Å²) < 4.78 is 34.4. The van der Waals surface area contributed by atoms with Crippen LogP contribution in [0.15, 0.2) is 18.2 Å². The number of hydrogen-bond donors (Lipinski definition) is 1. The van der Waals surface area contributed by atoms with Gasteiger partial charge in [-0.1, -0.05) is 13.0 Å². The van der Waals surface area contributed by atoms with Gasteiger partial charge in [-0.2, -0.15) is 8.78 Å². The highest BCUT2D eigenvalue weighted by atomic mass is 19.3. The minimum absolute atomic E-state index is 0.0270. The predicted molar refractivity (Wildman–Crippen MR) is 77.4 cm³/mol. The topological polar surface area (TPSA) is 59.0 Å². The molecule has 0 saturated heterocycles. The van der Waals surface area contributed by atoms with Crippen LogP contribution in [0.5, 0.6) is 11.5 Å². The number of carbonyl (C=O) groups is 1. The number of benzene rings is 1. The Morgan fingerprint density at radius 2 is 2.05 bits per heavy atom. The van der Waals surface area contributed by atoms with Gasteiger partial charge in [0.2, 0.25) is 0 Å². The van der Waals surface area contributed by atoms with Crippen molar-refractivity contribution in [2.75, 3.05) is 19.7 Å². The summed E-state index contributed by atoms with van der Waals surface area (Å²) in [5.41, 5.74) is 0.778. The lowest BCUT2D eigenvalue weighted by Crippen LogP contribution is -2.30. The normalized spacial score (nSPS) is 11.0. The molecule has 7 heteroatoms. The third kappa shape index (κ3) is 6.26. The minimum atomic E-state index is -2.92. The highest BCUT2D eigenvalue weighted by Crippen LogP contribution is 2.30. The maximum absolute atomic E-state index is 12.3. The van der Waals surface area contributed by atoms with Gasteiger partial charge in [0, 0.05) is 6.54 Å². The minimum Gasteiger partial charge on any atom is -0.490 e. The van der Waals surface area contributed by atoms with Gasteiger partial charge >= 0.3 is 12.6 Å². The van der Waals surface area contributed by atoms with Gasteiger partial charge in [0.15, 0.2) is 11.5 Å². The lowest BCUT2D eigenvalue weighted by molar-refractivity contribution is -0.138. The molecule has 0 bridgehead atoms. The summed E-state index contributed by atoms with van der Waals surface area (Å²) in [6.07, 6.45) is 0.818. The quantitative estimate of drug-likeness (QED) is 0.719. The molecule has 0 heterocycles. The van der Waals surface area contributed by atoms with Gasteiger partial charge in [-0.3, -0.25) is 9.69 Å². The Morgan fingerprint density at radius 1 is 1.32 bits per heavy atom. The first kappa shape index (κ1) is 18.2. The van der Waals surface area contributed by atoms with Crippen molar-refractivity contribution in [3.05, 3.63) is 23.8 Å². The van der Waals surface area contributed by atoms with Crippen LogP contribution < -0.4 is 9.47 Å². The molecule has 0 aromatic heterocycles. The summed E-state index contributed by atoms with van der Waals surface area (Å²) in [6, 6.07) is 4.65. The second kappa shape index (κ2) is 9.19. The molecule has 0 aliphatic heterocycles. The van der Waals surface area contributed by atoms with Crippen molar-refractivity contribution < 1.29 is 28.2 Å². The fourth-order valence-corrected chi connectivity index (χ4v) is 2.09. The molecule has 0 aliphatic carbocycles. The molecule has 1 aromatic rings. The molecule has 5 nitrogen and oxygen atoms in total. The van der Waals surface area contributed by atoms with E-state index in [1.807, 2.05) is 6.92 Å². The standard InChI is InChI=1S/C15H21F2NO4/c1-3-7-18(10-14(19)20)9-11-5-6-12(22-15(16)17)13(8-11)21-4-2/h5-6,8,15H,3-4,7,9-10H2,1-2H3,(H,19,20). The molecule has 1 aromatic carbocycles. The number of ether oxygens (including phenoxy) is 2. The number of hydrogen-bond acceptors (Lipinski definition) is 4. The highest BCUT2D eigenvalue weighted by Gasteiger charge is 2.14. The van der Waals surface area contributed by atoms with E-state index < -0.39 is 12.6 Å². The highest BCUT2D eigenvalue weighted by molar-refractivity contribution is 5.69. The third-order valence-corrected chi connectivity index (χ3v) is 2.83. The molecule has 0 fully saturated rings. The van der Waals surface area contributed by atoms with E-state index in [0.29, 0.717) is 19.7 Å². The molecule has 124 valence electrons. The predicted octanol–water partition coefficient (Wildman–Crippen LogP) is 2.98. The van der Waals surface area contributed by atoms with Gasteiger partial charge in [-0.05, 0) is 37.6 Å². The van der Waals surface area contributed by atoms with Crippen molar-refractivity contribution in [1.82, 2.24) is 4.90 Å². The fourth-order valence-electron chi connectivity index (χ4n) is 2.09. The SMILES string of the molecule is CCCN(CC(=O)O)Cc1ccc(OC(F)F)c(OCC)c1. The molecule has 1 N–H and O–H groups in total. The average Bonchev–Trinajstić information content (AvgIpc) is 2.41. The van der Waals surface area contributed by atoms with E-state index >= 15 is 0 Å². The molecule has 1 rings (SSSR count). The molecular weight excluding hydrogens is 296 g/mol. The van der Waals surface area contributed by atoms with E-state index in [0.717, 1.165) is 12.0 Å². The average molecular weight is 317 g/mol. The van der Waals surface area contributed by atoms with Crippen LogP contribution in [0.1, 0.15) is 25.8 Å². The molecule has 22 heavy (non-hydrogen) atoms. The second-order valence-electron chi connectivity index (χ2n) is 4.70. The van der Waals surface area contributed by atoms with Gasteiger partial charge in [-0.15, -0.1) is 0 Å². The first-order valence-electron chi connectivity index (χ1n) is 7.10. The molecule has 0 aliphatic rings. The van der Waals surface area contributed by atoms with Crippen molar-refractivity contribution in [3.63, 3.8) is 0 Å². The first-order valence-corrected chi connectivity index (χ1v) is 7.10. The third-order valence-electron chi connectivity index (χ3n) is 2.83. The van der Waals surface area contributed by atoms with Crippen LogP contribution in [0.3, 0.4) is 0 Å². The largest absolute Gasteiger partial charge is 0.490 e. The molecule has 0 spiro atoms. The molecule has 0 atom stereocenters. The van der Waals surface area contributed by atoms with Gasteiger partial charge in [-0.25, -0.2) is 0 Å². The van der Waals surface area contributed by atoms with Crippen LogP contribution in [0.2, 0.25) is 0 Å². The van der Waals surface area contributed by atoms with E-state index in [1.54, 1.807) is 24.0 Å². The summed E-state index contributed by atoms with van der Waals surface area (Å²) in [5.74, 6) is -0.705. The summed E-state index contributed by atoms with van der Waals surface area (Å²) in [4.78, 5) is 12.6.